The van der Waals surface area contributed by atoms with E-state index in [0.29, 0.717) is 19.6 Å². The van der Waals surface area contributed by atoms with E-state index in [1.165, 1.54) is 7.11 Å². The standard InChI is InChI=1S/C13H23NO4/c1-4-18-13(16)11-6-5-7-14(9-11)10(2)8-12(15)17-3/h10-11H,4-9H2,1-3H3/t10?,11-/m1/s1. The summed E-state index contributed by atoms with van der Waals surface area (Å²) in [4.78, 5) is 25.1. The lowest BCUT2D eigenvalue weighted by atomic mass is 9.96. The largest absolute Gasteiger partial charge is 0.469 e. The second-order valence-electron chi connectivity index (χ2n) is 4.72. The molecule has 1 unspecified atom stereocenters. The number of methoxy groups -OCH3 is 1. The first-order valence-electron chi connectivity index (χ1n) is 6.56. The van der Waals surface area contributed by atoms with Gasteiger partial charge in [0.15, 0.2) is 0 Å². The Hall–Kier alpha value is -1.10. The Labute approximate surface area is 108 Å². The quantitative estimate of drug-likeness (QED) is 0.693. The number of nitrogens with zero attached hydrogens (tertiary/aromatic N) is 1. The van der Waals surface area contributed by atoms with Crippen molar-refractivity contribution in [3.05, 3.63) is 0 Å². The first-order chi connectivity index (χ1) is 8.58. The van der Waals surface area contributed by atoms with Crippen molar-refractivity contribution in [2.75, 3.05) is 26.8 Å². The highest BCUT2D eigenvalue weighted by molar-refractivity contribution is 5.73. The van der Waals surface area contributed by atoms with Crippen LogP contribution in [-0.4, -0.2) is 49.7 Å². The van der Waals surface area contributed by atoms with Crippen LogP contribution in [0.25, 0.3) is 0 Å². The smallest absolute Gasteiger partial charge is 0.310 e. The van der Waals surface area contributed by atoms with E-state index in [1.807, 2.05) is 13.8 Å². The third-order valence-corrected chi connectivity index (χ3v) is 3.39. The van der Waals surface area contributed by atoms with Crippen molar-refractivity contribution in [2.45, 2.75) is 39.2 Å². The lowest BCUT2D eigenvalue weighted by molar-refractivity contribution is -0.150. The van der Waals surface area contributed by atoms with Crippen LogP contribution >= 0.6 is 0 Å². The molecule has 0 bridgehead atoms. The number of likely N-dealkylation sites (tertiary alicyclic amines) is 1. The summed E-state index contributed by atoms with van der Waals surface area (Å²) in [6, 6.07) is 0.106. The molecule has 2 atom stereocenters. The van der Waals surface area contributed by atoms with Gasteiger partial charge >= 0.3 is 11.9 Å². The average Bonchev–Trinajstić information content (AvgIpc) is 2.39. The van der Waals surface area contributed by atoms with Crippen LogP contribution in [0.15, 0.2) is 0 Å². The van der Waals surface area contributed by atoms with Gasteiger partial charge in [-0.3, -0.25) is 14.5 Å². The van der Waals surface area contributed by atoms with Gasteiger partial charge in [0.2, 0.25) is 0 Å². The highest BCUT2D eigenvalue weighted by Crippen LogP contribution is 2.20. The lowest BCUT2D eigenvalue weighted by Gasteiger charge is -2.35. The number of rotatable bonds is 5. The van der Waals surface area contributed by atoms with Crippen LogP contribution in [0.4, 0.5) is 0 Å². The number of hydrogen-bond acceptors (Lipinski definition) is 5. The molecule has 0 aliphatic carbocycles. The Morgan fingerprint density at radius 1 is 1.44 bits per heavy atom. The second kappa shape index (κ2) is 7.36. The van der Waals surface area contributed by atoms with E-state index in [9.17, 15) is 9.59 Å². The van der Waals surface area contributed by atoms with Crippen molar-refractivity contribution in [1.82, 2.24) is 4.90 Å². The monoisotopic (exact) mass is 257 g/mol. The Balaban J connectivity index is 2.47. The molecule has 1 heterocycles. The van der Waals surface area contributed by atoms with Crippen molar-refractivity contribution in [3.63, 3.8) is 0 Å². The molecule has 1 rings (SSSR count). The molecule has 0 aromatic rings. The van der Waals surface area contributed by atoms with E-state index in [-0.39, 0.29) is 23.9 Å². The molecule has 1 saturated heterocycles. The first-order valence-corrected chi connectivity index (χ1v) is 6.56. The molecule has 1 fully saturated rings. The van der Waals surface area contributed by atoms with Gasteiger partial charge in [-0.25, -0.2) is 0 Å². The van der Waals surface area contributed by atoms with E-state index >= 15 is 0 Å². The maximum atomic E-state index is 11.7. The van der Waals surface area contributed by atoms with E-state index in [1.54, 1.807) is 0 Å². The van der Waals surface area contributed by atoms with Gasteiger partial charge in [0.25, 0.3) is 0 Å². The fourth-order valence-corrected chi connectivity index (χ4v) is 2.31. The average molecular weight is 257 g/mol. The van der Waals surface area contributed by atoms with E-state index < -0.39 is 0 Å². The number of carbonyl (C=O) groups is 2. The van der Waals surface area contributed by atoms with Gasteiger partial charge in [-0.05, 0) is 33.2 Å². The molecular weight excluding hydrogens is 234 g/mol. The van der Waals surface area contributed by atoms with Gasteiger partial charge in [0, 0.05) is 12.6 Å². The van der Waals surface area contributed by atoms with Crippen LogP contribution in [0.2, 0.25) is 0 Å². The second-order valence-corrected chi connectivity index (χ2v) is 4.72. The topological polar surface area (TPSA) is 55.8 Å². The van der Waals surface area contributed by atoms with Gasteiger partial charge in [0.05, 0.1) is 26.1 Å². The minimum Gasteiger partial charge on any atom is -0.469 e. The van der Waals surface area contributed by atoms with Crippen LogP contribution in [0.1, 0.15) is 33.1 Å². The van der Waals surface area contributed by atoms with Gasteiger partial charge in [-0.15, -0.1) is 0 Å². The molecule has 0 amide bonds. The number of piperidine rings is 1. The Bertz CT molecular complexity index is 293. The fraction of sp³-hybridized carbons (Fsp3) is 0.846. The lowest BCUT2D eigenvalue weighted by Crippen LogP contribution is -2.44. The fourth-order valence-electron chi connectivity index (χ4n) is 2.31. The Morgan fingerprint density at radius 3 is 2.78 bits per heavy atom. The molecule has 0 saturated carbocycles. The molecule has 5 nitrogen and oxygen atoms in total. The Kier molecular flexibility index (Phi) is 6.12. The van der Waals surface area contributed by atoms with Crippen LogP contribution < -0.4 is 0 Å². The molecule has 104 valence electrons. The molecule has 18 heavy (non-hydrogen) atoms. The normalized spacial score (nSPS) is 22.3. The third-order valence-electron chi connectivity index (χ3n) is 3.39. The van der Waals surface area contributed by atoms with E-state index in [4.69, 9.17) is 4.74 Å². The summed E-state index contributed by atoms with van der Waals surface area (Å²) in [7, 11) is 1.40. The predicted octanol–water partition coefficient (Wildman–Crippen LogP) is 1.21. The summed E-state index contributed by atoms with van der Waals surface area (Å²) >= 11 is 0. The summed E-state index contributed by atoms with van der Waals surface area (Å²) in [5, 5.41) is 0. The summed E-state index contributed by atoms with van der Waals surface area (Å²) in [6.07, 6.45) is 2.21. The minimum absolute atomic E-state index is 0.0567. The van der Waals surface area contributed by atoms with Gasteiger partial charge < -0.3 is 9.47 Å². The van der Waals surface area contributed by atoms with Gasteiger partial charge in [0.1, 0.15) is 0 Å². The summed E-state index contributed by atoms with van der Waals surface area (Å²) in [5.41, 5.74) is 0. The number of esters is 2. The third kappa shape index (κ3) is 4.29. The molecule has 1 aliphatic rings. The number of ether oxygens (including phenoxy) is 2. The van der Waals surface area contributed by atoms with Crippen molar-refractivity contribution in [3.8, 4) is 0 Å². The van der Waals surface area contributed by atoms with Crippen molar-refractivity contribution >= 4 is 11.9 Å². The van der Waals surface area contributed by atoms with E-state index in [0.717, 1.165) is 19.4 Å². The van der Waals surface area contributed by atoms with Crippen molar-refractivity contribution in [1.29, 1.82) is 0 Å². The molecule has 0 aromatic carbocycles. The molecule has 0 N–H and O–H groups in total. The van der Waals surface area contributed by atoms with E-state index in [2.05, 4.69) is 9.64 Å². The highest BCUT2D eigenvalue weighted by atomic mass is 16.5. The van der Waals surface area contributed by atoms with Crippen LogP contribution in [0, 0.1) is 5.92 Å². The number of carbonyl (C=O) groups excluding carboxylic acids is 2. The van der Waals surface area contributed by atoms with Gasteiger partial charge in [-0.1, -0.05) is 0 Å². The maximum Gasteiger partial charge on any atom is 0.310 e. The molecule has 1 aliphatic heterocycles. The summed E-state index contributed by atoms with van der Waals surface area (Å²) < 4.78 is 9.72. The SMILES string of the molecule is CCOC(=O)[C@@H]1CCCN(C(C)CC(=O)OC)C1. The maximum absolute atomic E-state index is 11.7. The molecular formula is C13H23NO4. The van der Waals surface area contributed by atoms with Crippen molar-refractivity contribution in [2.24, 2.45) is 5.92 Å². The first kappa shape index (κ1) is 15.0. The van der Waals surface area contributed by atoms with Crippen LogP contribution in [0.3, 0.4) is 0 Å². The summed E-state index contributed by atoms with van der Waals surface area (Å²) in [5.74, 6) is -0.382. The molecule has 0 radical (unpaired) electrons. The zero-order valence-corrected chi connectivity index (χ0v) is 11.5. The van der Waals surface area contributed by atoms with Crippen molar-refractivity contribution < 1.29 is 19.1 Å². The predicted molar refractivity (Wildman–Crippen MR) is 67.0 cm³/mol. The summed E-state index contributed by atoms with van der Waals surface area (Å²) in [6.45, 7) is 5.83. The molecule has 0 spiro atoms. The molecule has 0 aromatic heterocycles. The molecule has 5 heteroatoms. The minimum atomic E-state index is -0.208. The van der Waals surface area contributed by atoms with Crippen LogP contribution in [-0.2, 0) is 19.1 Å². The zero-order valence-electron chi connectivity index (χ0n) is 11.5. The zero-order chi connectivity index (χ0) is 13.5. The highest BCUT2D eigenvalue weighted by Gasteiger charge is 2.29. The van der Waals surface area contributed by atoms with Crippen LogP contribution in [0.5, 0.6) is 0 Å². The number of hydrogen-bond donors (Lipinski definition) is 0. The van der Waals surface area contributed by atoms with Gasteiger partial charge in [-0.2, -0.15) is 0 Å². The Morgan fingerprint density at radius 2 is 2.17 bits per heavy atom.